The number of amidine groups is 1. The molecule has 3 nitrogen and oxygen atoms in total. The van der Waals surface area contributed by atoms with Crippen molar-refractivity contribution in [3.05, 3.63) is 101 Å². The molecule has 3 aromatic rings. The average Bonchev–Trinajstić information content (AvgIpc) is 3.02. The van der Waals surface area contributed by atoms with E-state index in [1.54, 1.807) is 0 Å². The van der Waals surface area contributed by atoms with Crippen LogP contribution in [0.15, 0.2) is 83.9 Å². The zero-order chi connectivity index (χ0) is 29.3. The molecule has 0 bridgehead atoms. The van der Waals surface area contributed by atoms with Crippen LogP contribution in [0.4, 0.5) is 5.69 Å². The van der Waals surface area contributed by atoms with Gasteiger partial charge in [0.25, 0.3) is 0 Å². The molecule has 222 valence electrons. The molecular weight excluding hydrogens is 510 g/mol. The van der Waals surface area contributed by atoms with Gasteiger partial charge in [0, 0.05) is 17.3 Å². The minimum Gasteiger partial charge on any atom is -0.367 e. The fourth-order valence-electron chi connectivity index (χ4n) is 6.72. The number of hydrogen-bond acceptors (Lipinski definition) is 2. The highest BCUT2D eigenvalue weighted by atomic mass is 15.0. The minimum atomic E-state index is 0.370. The van der Waals surface area contributed by atoms with Gasteiger partial charge >= 0.3 is 0 Å². The van der Waals surface area contributed by atoms with Gasteiger partial charge in [-0.05, 0) is 59.8 Å². The largest absolute Gasteiger partial charge is 0.367 e. The normalized spacial score (nSPS) is 17.8. The number of anilines is 1. The van der Waals surface area contributed by atoms with Gasteiger partial charge in [-0.15, -0.1) is 0 Å². The Bertz CT molecular complexity index is 1300. The molecule has 0 radical (unpaired) electrons. The maximum absolute atomic E-state index is 5.62. The van der Waals surface area contributed by atoms with E-state index in [4.69, 9.17) is 4.99 Å². The lowest BCUT2D eigenvalue weighted by Crippen LogP contribution is -2.38. The van der Waals surface area contributed by atoms with Gasteiger partial charge < -0.3 is 10.6 Å². The molecular formula is C39H51N3. The first-order chi connectivity index (χ1) is 20.5. The third-order valence-electron chi connectivity index (χ3n) is 9.07. The summed E-state index contributed by atoms with van der Waals surface area (Å²) in [6.07, 6.45) is 12.6. The summed E-state index contributed by atoms with van der Waals surface area (Å²) in [5.74, 6) is 1.87. The second kappa shape index (κ2) is 14.7. The van der Waals surface area contributed by atoms with Crippen molar-refractivity contribution >= 4 is 22.8 Å². The number of hydrogen-bond donors (Lipinski definition) is 2. The zero-order valence-electron chi connectivity index (χ0n) is 26.3. The smallest absolute Gasteiger partial charge is 0.131 e. The first-order valence-corrected chi connectivity index (χ1v) is 16.6. The Kier molecular flexibility index (Phi) is 10.6. The van der Waals surface area contributed by atoms with E-state index < -0.39 is 0 Å². The van der Waals surface area contributed by atoms with Crippen molar-refractivity contribution in [2.45, 2.75) is 116 Å². The summed E-state index contributed by atoms with van der Waals surface area (Å²) in [5, 5.41) is 8.17. The highest BCUT2D eigenvalue weighted by molar-refractivity contribution is 6.30. The SMILES string of the molecule is CC(C)c1cccc(C(C)C)c1NC(=C(C(=NC1CCCCC1)NC1CCCCC1)c1ccccc1)c1ccccc1. The standard InChI is InChI=1S/C39H51N3/c1-28(2)34-26-17-27-35(29(3)4)38(34)42-37(31-20-11-6-12-21-31)36(30-18-9-5-10-19-30)39(40-32-22-13-7-14-23-32)41-33-24-15-8-16-25-33/h5-6,9-12,17-21,26-29,32-33,42H,7-8,13-16,22-25H2,1-4H3,(H,40,41). The Hall–Kier alpha value is -3.33. The highest BCUT2D eigenvalue weighted by Crippen LogP contribution is 2.37. The van der Waals surface area contributed by atoms with Gasteiger partial charge in [0.2, 0.25) is 0 Å². The molecule has 0 aromatic heterocycles. The van der Waals surface area contributed by atoms with Crippen LogP contribution in [-0.2, 0) is 0 Å². The molecule has 3 aromatic carbocycles. The number of rotatable bonds is 9. The van der Waals surface area contributed by atoms with E-state index in [0.717, 1.165) is 11.5 Å². The van der Waals surface area contributed by atoms with Crippen LogP contribution in [0.3, 0.4) is 0 Å². The quantitative estimate of drug-likeness (QED) is 0.155. The molecule has 0 aliphatic heterocycles. The van der Waals surface area contributed by atoms with Gasteiger partial charge in [0.1, 0.15) is 5.84 Å². The van der Waals surface area contributed by atoms with Crippen molar-refractivity contribution in [1.29, 1.82) is 0 Å². The van der Waals surface area contributed by atoms with Crippen LogP contribution in [0, 0.1) is 0 Å². The first kappa shape index (κ1) is 30.1. The van der Waals surface area contributed by atoms with Gasteiger partial charge in [0.15, 0.2) is 0 Å². The maximum Gasteiger partial charge on any atom is 0.131 e. The van der Waals surface area contributed by atoms with E-state index in [1.807, 2.05) is 0 Å². The van der Waals surface area contributed by atoms with Gasteiger partial charge in [-0.3, -0.25) is 4.99 Å². The van der Waals surface area contributed by atoms with Crippen LogP contribution in [-0.4, -0.2) is 17.9 Å². The van der Waals surface area contributed by atoms with Crippen LogP contribution in [0.5, 0.6) is 0 Å². The van der Waals surface area contributed by atoms with E-state index >= 15 is 0 Å². The molecule has 0 amide bonds. The lowest BCUT2D eigenvalue weighted by atomic mass is 9.90. The minimum absolute atomic E-state index is 0.370. The summed E-state index contributed by atoms with van der Waals surface area (Å²) < 4.78 is 0. The summed E-state index contributed by atoms with van der Waals surface area (Å²) in [4.78, 5) is 5.62. The Labute approximate surface area is 255 Å². The molecule has 0 saturated heterocycles. The second-order valence-electron chi connectivity index (χ2n) is 13.0. The zero-order valence-corrected chi connectivity index (χ0v) is 26.3. The number of aliphatic imine (C=N–C) groups is 1. The molecule has 0 unspecified atom stereocenters. The molecule has 42 heavy (non-hydrogen) atoms. The van der Waals surface area contributed by atoms with Gasteiger partial charge in [-0.2, -0.15) is 0 Å². The third kappa shape index (κ3) is 7.54. The molecule has 2 N–H and O–H groups in total. The monoisotopic (exact) mass is 561 g/mol. The lowest BCUT2D eigenvalue weighted by molar-refractivity contribution is 0.409. The Morgan fingerprint density at radius 1 is 0.619 bits per heavy atom. The van der Waals surface area contributed by atoms with E-state index in [1.165, 1.54) is 97.7 Å². The van der Waals surface area contributed by atoms with Crippen LogP contribution >= 0.6 is 0 Å². The fourth-order valence-corrected chi connectivity index (χ4v) is 6.72. The maximum atomic E-state index is 5.62. The van der Waals surface area contributed by atoms with Crippen molar-refractivity contribution in [3.63, 3.8) is 0 Å². The Balaban J connectivity index is 1.76. The summed E-state index contributed by atoms with van der Waals surface area (Å²) in [6.45, 7) is 9.20. The van der Waals surface area contributed by atoms with Crippen LogP contribution in [0.1, 0.15) is 126 Å². The predicted octanol–water partition coefficient (Wildman–Crippen LogP) is 10.6. The third-order valence-corrected chi connectivity index (χ3v) is 9.07. The van der Waals surface area contributed by atoms with Gasteiger partial charge in [0.05, 0.1) is 11.7 Å². The van der Waals surface area contributed by atoms with E-state index in [9.17, 15) is 0 Å². The van der Waals surface area contributed by atoms with Crippen LogP contribution < -0.4 is 10.6 Å². The fraction of sp³-hybridized carbons (Fsp3) is 0.462. The van der Waals surface area contributed by atoms with Crippen molar-refractivity contribution in [2.24, 2.45) is 4.99 Å². The lowest BCUT2D eigenvalue weighted by Gasteiger charge is -2.30. The van der Waals surface area contributed by atoms with Crippen LogP contribution in [0.25, 0.3) is 11.3 Å². The van der Waals surface area contributed by atoms with E-state index in [-0.39, 0.29) is 0 Å². The molecule has 2 fully saturated rings. The number of nitrogens with one attached hydrogen (secondary N) is 2. The molecule has 2 saturated carbocycles. The average molecular weight is 562 g/mol. The van der Waals surface area contributed by atoms with Crippen molar-refractivity contribution in [1.82, 2.24) is 5.32 Å². The van der Waals surface area contributed by atoms with Gasteiger partial charge in [-0.1, -0.05) is 145 Å². The molecule has 0 spiro atoms. The van der Waals surface area contributed by atoms with Crippen molar-refractivity contribution < 1.29 is 0 Å². The second-order valence-corrected chi connectivity index (χ2v) is 13.0. The Morgan fingerprint density at radius 2 is 1.14 bits per heavy atom. The number of nitrogens with zero attached hydrogens (tertiary/aromatic N) is 1. The predicted molar refractivity (Wildman–Crippen MR) is 182 cm³/mol. The van der Waals surface area contributed by atoms with Gasteiger partial charge in [-0.25, -0.2) is 0 Å². The van der Waals surface area contributed by atoms with E-state index in [2.05, 4.69) is 117 Å². The summed E-state index contributed by atoms with van der Waals surface area (Å²) in [7, 11) is 0. The molecule has 5 rings (SSSR count). The highest BCUT2D eigenvalue weighted by Gasteiger charge is 2.25. The number of para-hydroxylation sites is 1. The molecule has 3 heteroatoms. The summed E-state index contributed by atoms with van der Waals surface area (Å²) in [5.41, 5.74) is 8.66. The Morgan fingerprint density at radius 3 is 1.69 bits per heavy atom. The molecule has 2 aliphatic carbocycles. The number of benzene rings is 3. The topological polar surface area (TPSA) is 36.4 Å². The molecule has 0 heterocycles. The van der Waals surface area contributed by atoms with E-state index in [0.29, 0.717) is 23.9 Å². The van der Waals surface area contributed by atoms with Crippen LogP contribution in [0.2, 0.25) is 0 Å². The summed E-state index contributed by atoms with van der Waals surface area (Å²) >= 11 is 0. The summed E-state index contributed by atoms with van der Waals surface area (Å²) in [6, 6.07) is 29.5. The van der Waals surface area contributed by atoms with Crippen molar-refractivity contribution in [3.8, 4) is 0 Å². The molecule has 0 atom stereocenters. The molecule has 2 aliphatic rings. The first-order valence-electron chi connectivity index (χ1n) is 16.6. The van der Waals surface area contributed by atoms with Crippen molar-refractivity contribution in [2.75, 3.05) is 5.32 Å².